The molecule has 3 rings (SSSR count). The van der Waals surface area contributed by atoms with Crippen molar-refractivity contribution in [2.45, 2.75) is 52.4 Å². The van der Waals surface area contributed by atoms with E-state index in [0.29, 0.717) is 6.04 Å². The normalized spacial score (nSPS) is 21.8. The second-order valence-electron chi connectivity index (χ2n) is 7.46. The molecule has 0 N–H and O–H groups in total. The van der Waals surface area contributed by atoms with E-state index in [0.717, 1.165) is 30.7 Å². The van der Waals surface area contributed by atoms with Gasteiger partial charge in [0, 0.05) is 31.2 Å². The molecule has 1 aliphatic rings. The fraction of sp³-hybridized carbons (Fsp3) is 0.647. The molecule has 0 amide bonds. The van der Waals surface area contributed by atoms with Crippen LogP contribution in [0.15, 0.2) is 24.3 Å². The Bertz CT molecular complexity index is 640. The lowest BCUT2D eigenvalue weighted by Gasteiger charge is -2.48. The van der Waals surface area contributed by atoms with Crippen molar-refractivity contribution >= 4 is 11.0 Å². The van der Waals surface area contributed by atoms with Crippen LogP contribution in [0, 0.1) is 0 Å². The standard InChI is InChI=1S/C17H27N5/c1-13(2)20-10-11-21(17(3,4)5)16(12-20)22-15-9-7-6-8-14(15)18-19-22/h6-9,13,16H,10-12H2,1-5H3. The lowest BCUT2D eigenvalue weighted by Crippen LogP contribution is -2.58. The lowest BCUT2D eigenvalue weighted by molar-refractivity contribution is -0.0373. The second-order valence-corrected chi connectivity index (χ2v) is 7.46. The van der Waals surface area contributed by atoms with E-state index in [-0.39, 0.29) is 11.7 Å². The molecular formula is C17H27N5. The Morgan fingerprint density at radius 2 is 1.86 bits per heavy atom. The van der Waals surface area contributed by atoms with Crippen molar-refractivity contribution < 1.29 is 0 Å². The van der Waals surface area contributed by atoms with E-state index in [1.54, 1.807) is 0 Å². The van der Waals surface area contributed by atoms with E-state index in [9.17, 15) is 0 Å². The van der Waals surface area contributed by atoms with E-state index in [4.69, 9.17) is 0 Å². The van der Waals surface area contributed by atoms with Gasteiger partial charge in [-0.1, -0.05) is 17.3 Å². The Morgan fingerprint density at radius 1 is 1.14 bits per heavy atom. The van der Waals surface area contributed by atoms with Crippen molar-refractivity contribution in [2.75, 3.05) is 19.6 Å². The topological polar surface area (TPSA) is 37.2 Å². The molecule has 1 atom stereocenters. The van der Waals surface area contributed by atoms with Crippen LogP contribution in [0.4, 0.5) is 0 Å². The minimum Gasteiger partial charge on any atom is -0.296 e. The van der Waals surface area contributed by atoms with Crippen LogP contribution in [0.25, 0.3) is 11.0 Å². The summed E-state index contributed by atoms with van der Waals surface area (Å²) in [4.78, 5) is 5.08. The molecule has 1 aromatic heterocycles. The maximum atomic E-state index is 4.47. The van der Waals surface area contributed by atoms with Gasteiger partial charge in [0.25, 0.3) is 0 Å². The summed E-state index contributed by atoms with van der Waals surface area (Å²) in [6, 6.07) is 8.78. The number of hydrogen-bond acceptors (Lipinski definition) is 4. The highest BCUT2D eigenvalue weighted by Gasteiger charge is 2.36. The van der Waals surface area contributed by atoms with Crippen molar-refractivity contribution in [2.24, 2.45) is 0 Å². The molecule has 5 nitrogen and oxygen atoms in total. The Balaban J connectivity index is 2.01. The molecule has 1 aliphatic heterocycles. The number of para-hydroxylation sites is 1. The summed E-state index contributed by atoms with van der Waals surface area (Å²) in [7, 11) is 0. The third-order valence-electron chi connectivity index (χ3n) is 4.64. The molecule has 1 aromatic carbocycles. The molecule has 0 saturated carbocycles. The van der Waals surface area contributed by atoms with Crippen molar-refractivity contribution in [3.63, 3.8) is 0 Å². The Morgan fingerprint density at radius 3 is 2.55 bits per heavy atom. The zero-order valence-electron chi connectivity index (χ0n) is 14.3. The van der Waals surface area contributed by atoms with Crippen LogP contribution < -0.4 is 0 Å². The number of fused-ring (bicyclic) bond motifs is 1. The highest BCUT2D eigenvalue weighted by Crippen LogP contribution is 2.30. The summed E-state index contributed by atoms with van der Waals surface area (Å²) in [6.45, 7) is 14.5. The molecule has 0 radical (unpaired) electrons. The number of nitrogens with zero attached hydrogens (tertiary/aromatic N) is 5. The van der Waals surface area contributed by atoms with Gasteiger partial charge in [0.15, 0.2) is 0 Å². The smallest absolute Gasteiger partial charge is 0.120 e. The van der Waals surface area contributed by atoms with Gasteiger partial charge in [-0.25, -0.2) is 4.68 Å². The molecule has 1 fully saturated rings. The van der Waals surface area contributed by atoms with Gasteiger partial charge in [-0.15, -0.1) is 5.10 Å². The first-order chi connectivity index (χ1) is 10.4. The van der Waals surface area contributed by atoms with E-state index < -0.39 is 0 Å². The first kappa shape index (κ1) is 15.4. The fourth-order valence-corrected chi connectivity index (χ4v) is 3.35. The molecule has 22 heavy (non-hydrogen) atoms. The average molecular weight is 301 g/mol. The minimum atomic E-state index is 0.112. The lowest BCUT2D eigenvalue weighted by atomic mass is 10.0. The molecule has 0 spiro atoms. The predicted molar refractivity (Wildman–Crippen MR) is 89.7 cm³/mol. The van der Waals surface area contributed by atoms with Crippen LogP contribution in [0.2, 0.25) is 0 Å². The van der Waals surface area contributed by atoms with Gasteiger partial charge in [0.05, 0.1) is 5.52 Å². The van der Waals surface area contributed by atoms with Gasteiger partial charge >= 0.3 is 0 Å². The third-order valence-corrected chi connectivity index (χ3v) is 4.64. The van der Waals surface area contributed by atoms with Crippen LogP contribution in [-0.2, 0) is 0 Å². The number of benzene rings is 1. The summed E-state index contributed by atoms with van der Waals surface area (Å²) >= 11 is 0. The van der Waals surface area contributed by atoms with Gasteiger partial charge in [0.1, 0.15) is 11.7 Å². The summed E-state index contributed by atoms with van der Waals surface area (Å²) in [5.41, 5.74) is 2.20. The molecular weight excluding hydrogens is 274 g/mol. The van der Waals surface area contributed by atoms with E-state index in [2.05, 4.69) is 71.5 Å². The maximum Gasteiger partial charge on any atom is 0.120 e. The molecule has 2 aromatic rings. The Kier molecular flexibility index (Phi) is 3.95. The molecule has 1 unspecified atom stereocenters. The van der Waals surface area contributed by atoms with Crippen LogP contribution >= 0.6 is 0 Å². The van der Waals surface area contributed by atoms with Crippen molar-refractivity contribution in [3.05, 3.63) is 24.3 Å². The zero-order chi connectivity index (χ0) is 15.9. The summed E-state index contributed by atoms with van der Waals surface area (Å²) in [5, 5.41) is 8.82. The Labute approximate surface area is 132 Å². The molecule has 120 valence electrons. The molecule has 2 heterocycles. The second kappa shape index (κ2) is 5.63. The van der Waals surface area contributed by atoms with Crippen LogP contribution in [0.3, 0.4) is 0 Å². The van der Waals surface area contributed by atoms with E-state index in [1.165, 1.54) is 0 Å². The van der Waals surface area contributed by atoms with Crippen LogP contribution in [-0.4, -0.2) is 56.0 Å². The number of rotatable bonds is 2. The van der Waals surface area contributed by atoms with E-state index in [1.807, 2.05) is 12.1 Å². The maximum absolute atomic E-state index is 4.47. The molecule has 0 bridgehead atoms. The van der Waals surface area contributed by atoms with Crippen LogP contribution in [0.5, 0.6) is 0 Å². The number of piperazine rings is 1. The number of hydrogen-bond donors (Lipinski definition) is 0. The molecule has 0 aliphatic carbocycles. The Hall–Kier alpha value is -1.46. The summed E-state index contributed by atoms with van der Waals surface area (Å²) in [5.74, 6) is 0. The highest BCUT2D eigenvalue weighted by atomic mass is 15.5. The zero-order valence-corrected chi connectivity index (χ0v) is 14.3. The van der Waals surface area contributed by atoms with Crippen LogP contribution in [0.1, 0.15) is 40.8 Å². The quantitative estimate of drug-likeness (QED) is 0.855. The average Bonchev–Trinajstić information content (AvgIpc) is 2.89. The third kappa shape index (κ3) is 2.75. The summed E-state index contributed by atoms with van der Waals surface area (Å²) < 4.78 is 2.11. The van der Waals surface area contributed by atoms with Crippen molar-refractivity contribution in [1.29, 1.82) is 0 Å². The van der Waals surface area contributed by atoms with E-state index >= 15 is 0 Å². The number of aromatic nitrogens is 3. The van der Waals surface area contributed by atoms with Crippen molar-refractivity contribution in [3.8, 4) is 0 Å². The molecule has 1 saturated heterocycles. The monoisotopic (exact) mass is 301 g/mol. The first-order valence-electron chi connectivity index (χ1n) is 8.18. The minimum absolute atomic E-state index is 0.112. The van der Waals surface area contributed by atoms with Gasteiger partial charge in [0.2, 0.25) is 0 Å². The summed E-state index contributed by atoms with van der Waals surface area (Å²) in [6.07, 6.45) is 0.226. The van der Waals surface area contributed by atoms with Gasteiger partial charge in [-0.05, 0) is 46.8 Å². The highest BCUT2D eigenvalue weighted by molar-refractivity contribution is 5.73. The van der Waals surface area contributed by atoms with Crippen molar-refractivity contribution in [1.82, 2.24) is 24.8 Å². The largest absolute Gasteiger partial charge is 0.296 e. The molecule has 5 heteroatoms. The fourth-order valence-electron chi connectivity index (χ4n) is 3.35. The van der Waals surface area contributed by atoms with Gasteiger partial charge in [-0.2, -0.15) is 0 Å². The SMILES string of the molecule is CC(C)N1CCN(C(C)(C)C)C(n2nnc3ccccc32)C1. The predicted octanol–water partition coefficient (Wildman–Crippen LogP) is 2.75. The van der Waals surface area contributed by atoms with Gasteiger partial charge in [-0.3, -0.25) is 9.80 Å². The van der Waals surface area contributed by atoms with Gasteiger partial charge < -0.3 is 0 Å². The first-order valence-corrected chi connectivity index (χ1v) is 8.18.